The third-order valence-electron chi connectivity index (χ3n) is 1.75. The van der Waals surface area contributed by atoms with Gasteiger partial charge in [-0.15, -0.1) is 0 Å². The first-order chi connectivity index (χ1) is 4.54. The lowest BCUT2D eigenvalue weighted by molar-refractivity contribution is 0.503. The summed E-state index contributed by atoms with van der Waals surface area (Å²) in [7, 11) is 0. The van der Waals surface area contributed by atoms with Crippen LogP contribution in [0.5, 0.6) is 0 Å². The van der Waals surface area contributed by atoms with Crippen molar-refractivity contribution in [2.75, 3.05) is 0 Å². The number of nitrogens with zero attached hydrogens (tertiary/aromatic N) is 1. The highest BCUT2D eigenvalue weighted by Crippen LogP contribution is 2.21. The van der Waals surface area contributed by atoms with Crippen LogP contribution in [0.3, 0.4) is 0 Å². The Morgan fingerprint density at radius 3 is 2.30 bits per heavy atom. The summed E-state index contributed by atoms with van der Waals surface area (Å²) in [4.78, 5) is 0. The van der Waals surface area contributed by atoms with E-state index >= 15 is 0 Å². The lowest BCUT2D eigenvalue weighted by atomic mass is 9.93. The second kappa shape index (κ2) is 2.11. The highest BCUT2D eigenvalue weighted by Gasteiger charge is 2.25. The third kappa shape index (κ3) is 1.06. The van der Waals surface area contributed by atoms with Crippen LogP contribution in [-0.2, 0) is 0 Å². The molecule has 1 heterocycles. The predicted octanol–water partition coefficient (Wildman–Crippen LogP) is 1.69. The molecule has 0 fully saturated rings. The molecule has 1 aliphatic rings. The van der Waals surface area contributed by atoms with Gasteiger partial charge < -0.3 is 5.43 Å². The Bertz CT molecular complexity index is 195. The number of allylic oxidation sites excluding steroid dienone is 1. The summed E-state index contributed by atoms with van der Waals surface area (Å²) in [6.07, 6.45) is 1.90. The first-order valence-electron chi connectivity index (χ1n) is 3.52. The average Bonchev–Trinajstić information content (AvgIpc) is 2.08. The summed E-state index contributed by atoms with van der Waals surface area (Å²) in [5.41, 5.74) is 5.71. The predicted molar refractivity (Wildman–Crippen MR) is 44.1 cm³/mol. The summed E-state index contributed by atoms with van der Waals surface area (Å²) in [5, 5.41) is 4.01. The van der Waals surface area contributed by atoms with Gasteiger partial charge in [0.2, 0.25) is 0 Å². The molecule has 0 radical (unpaired) electrons. The van der Waals surface area contributed by atoms with Crippen LogP contribution < -0.4 is 5.43 Å². The number of rotatable bonds is 0. The van der Waals surface area contributed by atoms with Crippen LogP contribution in [0.1, 0.15) is 27.7 Å². The summed E-state index contributed by atoms with van der Waals surface area (Å²) < 4.78 is 0. The van der Waals surface area contributed by atoms with Crippen molar-refractivity contribution in [3.63, 3.8) is 0 Å². The maximum absolute atomic E-state index is 4.01. The summed E-state index contributed by atoms with van der Waals surface area (Å²) in [5.74, 6) is 0. The first kappa shape index (κ1) is 7.32. The SMILES string of the molecule is CC(C)=C1C=NNC1(C)C. The third-order valence-corrected chi connectivity index (χ3v) is 1.75. The number of hydrazone groups is 1. The summed E-state index contributed by atoms with van der Waals surface area (Å²) in [6.45, 7) is 8.47. The zero-order valence-electron chi connectivity index (χ0n) is 7.02. The summed E-state index contributed by atoms with van der Waals surface area (Å²) in [6, 6.07) is 0. The van der Waals surface area contributed by atoms with Crippen LogP contribution in [0, 0.1) is 0 Å². The van der Waals surface area contributed by atoms with Crippen molar-refractivity contribution in [3.8, 4) is 0 Å². The monoisotopic (exact) mass is 138 g/mol. The van der Waals surface area contributed by atoms with Crippen molar-refractivity contribution in [1.82, 2.24) is 5.43 Å². The Morgan fingerprint density at radius 1 is 1.50 bits per heavy atom. The van der Waals surface area contributed by atoms with Gasteiger partial charge in [-0.2, -0.15) is 5.10 Å². The standard InChI is InChI=1S/C8H14N2/c1-6(2)7-5-9-10-8(7,3)4/h5,10H,1-4H3. The van der Waals surface area contributed by atoms with Crippen molar-refractivity contribution in [2.45, 2.75) is 33.2 Å². The van der Waals surface area contributed by atoms with Gasteiger partial charge in [0.25, 0.3) is 0 Å². The lowest BCUT2D eigenvalue weighted by Gasteiger charge is -2.20. The van der Waals surface area contributed by atoms with E-state index in [1.165, 1.54) is 11.1 Å². The van der Waals surface area contributed by atoms with E-state index in [0.717, 1.165) is 0 Å². The zero-order valence-corrected chi connectivity index (χ0v) is 7.02. The highest BCUT2D eigenvalue weighted by atomic mass is 15.3. The van der Waals surface area contributed by atoms with Gasteiger partial charge >= 0.3 is 0 Å². The largest absolute Gasteiger partial charge is 0.300 e. The molecular weight excluding hydrogens is 124 g/mol. The molecule has 56 valence electrons. The van der Waals surface area contributed by atoms with Crippen LogP contribution in [0.4, 0.5) is 0 Å². The Balaban J connectivity index is 2.98. The topological polar surface area (TPSA) is 24.4 Å². The van der Waals surface area contributed by atoms with Crippen LogP contribution in [-0.4, -0.2) is 11.8 Å². The fourth-order valence-corrected chi connectivity index (χ4v) is 1.23. The normalized spacial score (nSPS) is 21.0. The van der Waals surface area contributed by atoms with Gasteiger partial charge in [-0.1, -0.05) is 5.57 Å². The van der Waals surface area contributed by atoms with Gasteiger partial charge in [0.15, 0.2) is 0 Å². The van der Waals surface area contributed by atoms with Gasteiger partial charge in [0.05, 0.1) is 11.8 Å². The molecule has 0 saturated heterocycles. The number of hydrogen-bond donors (Lipinski definition) is 1. The molecule has 1 aliphatic heterocycles. The molecule has 2 nitrogen and oxygen atoms in total. The zero-order chi connectivity index (χ0) is 7.78. The van der Waals surface area contributed by atoms with Gasteiger partial charge in [-0.25, -0.2) is 0 Å². The molecule has 1 rings (SSSR count). The Kier molecular flexibility index (Phi) is 1.55. The molecule has 1 N–H and O–H groups in total. The molecule has 0 aliphatic carbocycles. The van der Waals surface area contributed by atoms with Crippen LogP contribution in [0.2, 0.25) is 0 Å². The molecule has 0 atom stereocenters. The smallest absolute Gasteiger partial charge is 0.0755 e. The van der Waals surface area contributed by atoms with E-state index < -0.39 is 0 Å². The maximum atomic E-state index is 4.01. The number of hydrogen-bond acceptors (Lipinski definition) is 2. The fraction of sp³-hybridized carbons (Fsp3) is 0.625. The van der Waals surface area contributed by atoms with E-state index in [1.807, 2.05) is 6.21 Å². The Morgan fingerprint density at radius 2 is 2.10 bits per heavy atom. The molecule has 0 unspecified atom stereocenters. The minimum Gasteiger partial charge on any atom is -0.300 e. The van der Waals surface area contributed by atoms with E-state index in [4.69, 9.17) is 0 Å². The molecule has 0 aromatic carbocycles. The molecule has 0 bridgehead atoms. The Labute approximate surface area is 62.0 Å². The maximum Gasteiger partial charge on any atom is 0.0755 e. The van der Waals surface area contributed by atoms with Crippen LogP contribution in [0.15, 0.2) is 16.2 Å². The Hall–Kier alpha value is -0.790. The first-order valence-corrected chi connectivity index (χ1v) is 3.52. The second-order valence-corrected chi connectivity index (χ2v) is 3.41. The van der Waals surface area contributed by atoms with Crippen molar-refractivity contribution >= 4 is 6.21 Å². The minimum absolute atomic E-state index is 0.0405. The quantitative estimate of drug-likeness (QED) is 0.541. The molecule has 0 aromatic heterocycles. The van der Waals surface area contributed by atoms with Crippen molar-refractivity contribution in [2.24, 2.45) is 5.10 Å². The van der Waals surface area contributed by atoms with Gasteiger partial charge in [0, 0.05) is 0 Å². The molecule has 2 heteroatoms. The molecular formula is C8H14N2. The van der Waals surface area contributed by atoms with E-state index in [9.17, 15) is 0 Å². The van der Waals surface area contributed by atoms with Crippen LogP contribution >= 0.6 is 0 Å². The molecule has 10 heavy (non-hydrogen) atoms. The van der Waals surface area contributed by atoms with Gasteiger partial charge in [-0.3, -0.25) is 0 Å². The molecule has 0 amide bonds. The van der Waals surface area contributed by atoms with Crippen LogP contribution in [0.25, 0.3) is 0 Å². The average molecular weight is 138 g/mol. The highest BCUT2D eigenvalue weighted by molar-refractivity contribution is 5.84. The van der Waals surface area contributed by atoms with Crippen molar-refractivity contribution in [1.29, 1.82) is 0 Å². The molecule has 0 spiro atoms. The minimum atomic E-state index is 0.0405. The lowest BCUT2D eigenvalue weighted by Crippen LogP contribution is -2.33. The second-order valence-electron chi connectivity index (χ2n) is 3.41. The van der Waals surface area contributed by atoms with E-state index in [-0.39, 0.29) is 5.54 Å². The van der Waals surface area contributed by atoms with E-state index in [0.29, 0.717) is 0 Å². The fourth-order valence-electron chi connectivity index (χ4n) is 1.23. The summed E-state index contributed by atoms with van der Waals surface area (Å²) >= 11 is 0. The van der Waals surface area contributed by atoms with Gasteiger partial charge in [-0.05, 0) is 33.3 Å². The number of nitrogens with one attached hydrogen (secondary N) is 1. The van der Waals surface area contributed by atoms with Crippen molar-refractivity contribution in [3.05, 3.63) is 11.1 Å². The molecule has 0 saturated carbocycles. The van der Waals surface area contributed by atoms with Gasteiger partial charge in [0.1, 0.15) is 0 Å². The van der Waals surface area contributed by atoms with Crippen molar-refractivity contribution < 1.29 is 0 Å². The molecule has 0 aromatic rings. The van der Waals surface area contributed by atoms with E-state index in [1.54, 1.807) is 0 Å². The van der Waals surface area contributed by atoms with E-state index in [2.05, 4.69) is 38.2 Å².